The van der Waals surface area contributed by atoms with E-state index < -0.39 is 10.0 Å². The molecule has 0 unspecified atom stereocenters. The Morgan fingerprint density at radius 1 is 1.17 bits per heavy atom. The molecule has 2 aromatic rings. The third-order valence-electron chi connectivity index (χ3n) is 3.29. The lowest BCUT2D eigenvalue weighted by Gasteiger charge is -2.13. The first kappa shape index (κ1) is 18.4. The first-order valence-electron chi connectivity index (χ1n) is 6.93. The Kier molecular flexibility index (Phi) is 5.63. The van der Waals surface area contributed by atoms with Gasteiger partial charge in [0.05, 0.1) is 17.6 Å². The number of carbonyl (C=O) groups is 1. The number of carbonyl (C=O) groups excluding carboxylic acids is 1. The van der Waals surface area contributed by atoms with Crippen molar-refractivity contribution >= 4 is 37.5 Å². The molecule has 0 saturated heterocycles. The van der Waals surface area contributed by atoms with Gasteiger partial charge in [-0.1, -0.05) is 6.07 Å². The minimum Gasteiger partial charge on any atom is -0.497 e. The van der Waals surface area contributed by atoms with Gasteiger partial charge >= 0.3 is 0 Å². The van der Waals surface area contributed by atoms with Crippen molar-refractivity contribution in [1.82, 2.24) is 4.31 Å². The molecule has 1 amide bonds. The fourth-order valence-corrected chi connectivity index (χ4v) is 3.32. The van der Waals surface area contributed by atoms with Crippen LogP contribution in [0.25, 0.3) is 0 Å². The van der Waals surface area contributed by atoms with Crippen LogP contribution in [0.4, 0.5) is 5.69 Å². The van der Waals surface area contributed by atoms with Crippen LogP contribution in [0, 0.1) is 0 Å². The number of hydrogen-bond donors (Lipinski definition) is 1. The van der Waals surface area contributed by atoms with E-state index in [2.05, 4.69) is 21.2 Å². The number of halogens is 1. The van der Waals surface area contributed by atoms with E-state index in [0.29, 0.717) is 21.5 Å². The predicted octanol–water partition coefficient (Wildman–Crippen LogP) is 2.96. The van der Waals surface area contributed by atoms with Crippen LogP contribution in [0.15, 0.2) is 51.8 Å². The van der Waals surface area contributed by atoms with Crippen molar-refractivity contribution in [1.29, 1.82) is 0 Å². The van der Waals surface area contributed by atoms with Gasteiger partial charge in [-0.25, -0.2) is 12.7 Å². The maximum absolute atomic E-state index is 12.4. The molecule has 2 aromatic carbocycles. The summed E-state index contributed by atoms with van der Waals surface area (Å²) in [6, 6.07) is 11.1. The molecule has 128 valence electrons. The topological polar surface area (TPSA) is 75.7 Å². The Hall–Kier alpha value is -1.90. The predicted molar refractivity (Wildman–Crippen MR) is 96.0 cm³/mol. The summed E-state index contributed by atoms with van der Waals surface area (Å²) in [4.78, 5) is 12.5. The quantitative estimate of drug-likeness (QED) is 0.818. The van der Waals surface area contributed by atoms with E-state index in [0.717, 1.165) is 4.31 Å². The number of rotatable bonds is 5. The van der Waals surface area contributed by atoms with Crippen molar-refractivity contribution in [3.05, 3.63) is 52.5 Å². The molecule has 0 aliphatic carbocycles. The van der Waals surface area contributed by atoms with Crippen molar-refractivity contribution in [2.75, 3.05) is 26.5 Å². The summed E-state index contributed by atoms with van der Waals surface area (Å²) >= 11 is 3.32. The highest BCUT2D eigenvalue weighted by Gasteiger charge is 2.18. The molecular formula is C16H17BrN2O4S. The number of nitrogens with zero attached hydrogens (tertiary/aromatic N) is 1. The Bertz CT molecular complexity index is 866. The van der Waals surface area contributed by atoms with E-state index in [4.69, 9.17) is 4.74 Å². The number of ether oxygens (including phenoxy) is 1. The molecule has 8 heteroatoms. The van der Waals surface area contributed by atoms with E-state index in [1.165, 1.54) is 33.3 Å². The number of nitrogens with one attached hydrogen (secondary N) is 1. The molecule has 0 bridgehead atoms. The molecule has 0 saturated carbocycles. The van der Waals surface area contributed by atoms with Crippen LogP contribution in [-0.2, 0) is 10.0 Å². The van der Waals surface area contributed by atoms with Gasteiger partial charge in [-0.2, -0.15) is 0 Å². The Balaban J connectivity index is 2.31. The zero-order chi connectivity index (χ0) is 17.9. The van der Waals surface area contributed by atoms with Gasteiger partial charge in [0, 0.05) is 24.3 Å². The van der Waals surface area contributed by atoms with E-state index in [1.807, 2.05) is 0 Å². The second-order valence-electron chi connectivity index (χ2n) is 5.12. The largest absolute Gasteiger partial charge is 0.497 e. The lowest BCUT2D eigenvalue weighted by atomic mass is 10.2. The number of amides is 1. The molecule has 0 spiro atoms. The minimum absolute atomic E-state index is 0.106. The second kappa shape index (κ2) is 7.33. The number of anilines is 1. The molecule has 0 heterocycles. The van der Waals surface area contributed by atoms with Crippen LogP contribution >= 0.6 is 15.9 Å². The summed E-state index contributed by atoms with van der Waals surface area (Å²) in [5.74, 6) is 0.174. The van der Waals surface area contributed by atoms with Gasteiger partial charge in [-0.3, -0.25) is 4.79 Å². The van der Waals surface area contributed by atoms with Crippen LogP contribution in [0.5, 0.6) is 5.75 Å². The third-order valence-corrected chi connectivity index (χ3v) is 5.79. The van der Waals surface area contributed by atoms with Gasteiger partial charge in [-0.15, -0.1) is 0 Å². The summed E-state index contributed by atoms with van der Waals surface area (Å²) in [6.45, 7) is 0. The normalized spacial score (nSPS) is 11.4. The highest BCUT2D eigenvalue weighted by molar-refractivity contribution is 9.10. The molecule has 0 radical (unpaired) electrons. The summed E-state index contributed by atoms with van der Waals surface area (Å²) in [5, 5.41) is 2.69. The van der Waals surface area contributed by atoms with Gasteiger partial charge in [-0.05, 0) is 52.3 Å². The van der Waals surface area contributed by atoms with Gasteiger partial charge in [0.2, 0.25) is 10.0 Å². The molecule has 2 rings (SSSR count). The van der Waals surface area contributed by atoms with E-state index in [1.54, 1.807) is 30.3 Å². The standard InChI is InChI=1S/C16H17BrN2O4S/c1-19(2)24(21,22)13-6-4-5-11(9-13)18-16(20)14-10-12(23-3)7-8-15(14)17/h4-10H,1-3H3,(H,18,20). The van der Waals surface area contributed by atoms with Crippen LogP contribution in [-0.4, -0.2) is 39.8 Å². The minimum atomic E-state index is -3.57. The van der Waals surface area contributed by atoms with E-state index in [9.17, 15) is 13.2 Å². The molecule has 0 atom stereocenters. The summed E-state index contributed by atoms with van der Waals surface area (Å²) < 4.78 is 31.2. The Morgan fingerprint density at radius 2 is 1.88 bits per heavy atom. The lowest BCUT2D eigenvalue weighted by Crippen LogP contribution is -2.22. The van der Waals surface area contributed by atoms with Crippen LogP contribution < -0.4 is 10.1 Å². The van der Waals surface area contributed by atoms with Gasteiger partial charge in [0.15, 0.2) is 0 Å². The maximum Gasteiger partial charge on any atom is 0.256 e. The Labute approximate surface area is 149 Å². The third kappa shape index (κ3) is 3.95. The van der Waals surface area contributed by atoms with Crippen LogP contribution in [0.3, 0.4) is 0 Å². The van der Waals surface area contributed by atoms with Crippen molar-refractivity contribution in [2.24, 2.45) is 0 Å². The lowest BCUT2D eigenvalue weighted by molar-refractivity contribution is 0.102. The summed E-state index contributed by atoms with van der Waals surface area (Å²) in [6.07, 6.45) is 0. The molecule has 0 aliphatic rings. The van der Waals surface area contributed by atoms with Gasteiger partial charge < -0.3 is 10.1 Å². The zero-order valence-corrected chi connectivity index (χ0v) is 15.8. The van der Waals surface area contributed by atoms with Crippen LogP contribution in [0.1, 0.15) is 10.4 Å². The number of benzene rings is 2. The number of methoxy groups -OCH3 is 1. The number of sulfonamides is 1. The first-order chi connectivity index (χ1) is 11.3. The fourth-order valence-electron chi connectivity index (χ4n) is 1.95. The van der Waals surface area contributed by atoms with Gasteiger partial charge in [0.1, 0.15) is 5.75 Å². The smallest absolute Gasteiger partial charge is 0.256 e. The maximum atomic E-state index is 12.4. The Morgan fingerprint density at radius 3 is 2.50 bits per heavy atom. The molecular weight excluding hydrogens is 396 g/mol. The monoisotopic (exact) mass is 412 g/mol. The van der Waals surface area contributed by atoms with Crippen molar-refractivity contribution in [3.63, 3.8) is 0 Å². The molecule has 0 aromatic heterocycles. The molecule has 1 N–H and O–H groups in total. The average molecular weight is 413 g/mol. The van der Waals surface area contributed by atoms with Crippen molar-refractivity contribution < 1.29 is 17.9 Å². The average Bonchev–Trinajstić information content (AvgIpc) is 2.55. The van der Waals surface area contributed by atoms with Crippen molar-refractivity contribution in [2.45, 2.75) is 4.90 Å². The molecule has 0 aliphatic heterocycles. The molecule has 6 nitrogen and oxygen atoms in total. The van der Waals surface area contributed by atoms with Crippen LogP contribution in [0.2, 0.25) is 0 Å². The zero-order valence-electron chi connectivity index (χ0n) is 13.4. The summed E-state index contributed by atoms with van der Waals surface area (Å²) in [5.41, 5.74) is 0.771. The first-order valence-corrected chi connectivity index (χ1v) is 9.16. The molecule has 0 fully saturated rings. The second-order valence-corrected chi connectivity index (χ2v) is 8.12. The molecule has 24 heavy (non-hydrogen) atoms. The highest BCUT2D eigenvalue weighted by atomic mass is 79.9. The van der Waals surface area contributed by atoms with E-state index >= 15 is 0 Å². The van der Waals surface area contributed by atoms with Gasteiger partial charge in [0.25, 0.3) is 5.91 Å². The summed E-state index contributed by atoms with van der Waals surface area (Å²) in [7, 11) is 0.853. The van der Waals surface area contributed by atoms with E-state index in [-0.39, 0.29) is 10.8 Å². The van der Waals surface area contributed by atoms with Crippen molar-refractivity contribution in [3.8, 4) is 5.75 Å². The highest BCUT2D eigenvalue weighted by Crippen LogP contribution is 2.24. The fraction of sp³-hybridized carbons (Fsp3) is 0.188. The number of hydrogen-bond acceptors (Lipinski definition) is 4. The SMILES string of the molecule is COc1ccc(Br)c(C(=O)Nc2cccc(S(=O)(=O)N(C)C)c2)c1.